The van der Waals surface area contributed by atoms with Gasteiger partial charge in [-0.2, -0.15) is 0 Å². The fraction of sp³-hybridized carbons (Fsp3) is 0.391. The second-order valence-corrected chi connectivity index (χ2v) is 8.20. The molecule has 2 aromatic carbocycles. The van der Waals surface area contributed by atoms with Crippen molar-refractivity contribution in [3.8, 4) is 11.5 Å². The molecule has 0 radical (unpaired) electrons. The molecule has 0 bridgehead atoms. The van der Waals surface area contributed by atoms with Gasteiger partial charge in [0.05, 0.1) is 22.3 Å². The van der Waals surface area contributed by atoms with Crippen molar-refractivity contribution in [1.82, 2.24) is 0 Å². The van der Waals surface area contributed by atoms with Gasteiger partial charge in [-0.05, 0) is 51.0 Å². The summed E-state index contributed by atoms with van der Waals surface area (Å²) in [4.78, 5) is 26.8. The minimum atomic E-state index is -0.460. The van der Waals surface area contributed by atoms with E-state index in [0.29, 0.717) is 11.4 Å². The number of carbonyl (C=O) groups is 2. The summed E-state index contributed by atoms with van der Waals surface area (Å²) in [5.41, 5.74) is 1.40. The Hall–Kier alpha value is -3.02. The number of benzene rings is 2. The SMILES string of the molecule is CC(C)Nc1ccc(NC2CCCCC2)c2c1C(=O)c1c(O)ccc(O)c1C2=O. The van der Waals surface area contributed by atoms with Crippen LogP contribution in [0.25, 0.3) is 0 Å². The van der Waals surface area contributed by atoms with E-state index >= 15 is 0 Å². The first-order valence-electron chi connectivity index (χ1n) is 10.2. The van der Waals surface area contributed by atoms with E-state index in [1.165, 1.54) is 18.6 Å². The maximum atomic E-state index is 13.4. The number of phenols is 2. The fourth-order valence-electron chi connectivity index (χ4n) is 4.38. The topological polar surface area (TPSA) is 98.7 Å². The van der Waals surface area contributed by atoms with Crippen LogP contribution in [0.1, 0.15) is 77.8 Å². The molecule has 152 valence electrons. The first-order chi connectivity index (χ1) is 13.9. The van der Waals surface area contributed by atoms with Gasteiger partial charge < -0.3 is 20.8 Å². The van der Waals surface area contributed by atoms with E-state index in [4.69, 9.17) is 0 Å². The van der Waals surface area contributed by atoms with Crippen LogP contribution >= 0.6 is 0 Å². The van der Waals surface area contributed by atoms with Gasteiger partial charge in [0.25, 0.3) is 0 Å². The maximum Gasteiger partial charge on any atom is 0.200 e. The molecule has 0 heterocycles. The van der Waals surface area contributed by atoms with Crippen molar-refractivity contribution in [2.24, 2.45) is 0 Å². The number of rotatable bonds is 4. The highest BCUT2D eigenvalue weighted by Gasteiger charge is 2.38. The summed E-state index contributed by atoms with van der Waals surface area (Å²) in [6, 6.07) is 6.42. The number of carbonyl (C=O) groups excluding carboxylic acids is 2. The predicted octanol–water partition coefficient (Wildman–Crippen LogP) is 4.44. The van der Waals surface area contributed by atoms with Crippen LogP contribution < -0.4 is 10.6 Å². The molecular formula is C23H26N2O4. The Labute approximate surface area is 170 Å². The highest BCUT2D eigenvalue weighted by atomic mass is 16.3. The van der Waals surface area contributed by atoms with Crippen LogP contribution in [-0.2, 0) is 0 Å². The number of ketones is 2. The van der Waals surface area contributed by atoms with Gasteiger partial charge in [0, 0.05) is 23.5 Å². The standard InChI is InChI=1S/C23H26N2O4/c1-12(2)24-14-8-9-15(25-13-6-4-3-5-7-13)19-18(14)22(28)20-16(26)10-11-17(27)21(20)23(19)29/h8-13,24-27H,3-7H2,1-2H3. The predicted molar refractivity (Wildman–Crippen MR) is 112 cm³/mol. The highest BCUT2D eigenvalue weighted by Crippen LogP contribution is 2.43. The van der Waals surface area contributed by atoms with Gasteiger partial charge in [0.2, 0.25) is 11.6 Å². The Kier molecular flexibility index (Phi) is 4.94. The normalized spacial score (nSPS) is 16.5. The van der Waals surface area contributed by atoms with Gasteiger partial charge in [-0.1, -0.05) is 19.3 Å². The van der Waals surface area contributed by atoms with Gasteiger partial charge >= 0.3 is 0 Å². The quantitative estimate of drug-likeness (QED) is 0.489. The molecule has 0 aliphatic heterocycles. The molecule has 29 heavy (non-hydrogen) atoms. The highest BCUT2D eigenvalue weighted by molar-refractivity contribution is 6.33. The molecule has 0 spiro atoms. The summed E-state index contributed by atoms with van der Waals surface area (Å²) in [6.07, 6.45) is 5.52. The third-order valence-corrected chi connectivity index (χ3v) is 5.68. The van der Waals surface area contributed by atoms with Crippen LogP contribution in [0.4, 0.5) is 11.4 Å². The Morgan fingerprint density at radius 3 is 1.86 bits per heavy atom. The second kappa shape index (κ2) is 7.43. The molecule has 6 nitrogen and oxygen atoms in total. The van der Waals surface area contributed by atoms with Crippen molar-refractivity contribution in [2.45, 2.75) is 58.0 Å². The summed E-state index contributed by atoms with van der Waals surface area (Å²) in [6.45, 7) is 3.90. The van der Waals surface area contributed by atoms with Crippen LogP contribution in [0, 0.1) is 0 Å². The minimum Gasteiger partial charge on any atom is -0.507 e. The van der Waals surface area contributed by atoms with Gasteiger partial charge in [-0.3, -0.25) is 9.59 Å². The Morgan fingerprint density at radius 2 is 1.31 bits per heavy atom. The van der Waals surface area contributed by atoms with Gasteiger partial charge in [-0.25, -0.2) is 0 Å². The minimum absolute atomic E-state index is 0.0540. The van der Waals surface area contributed by atoms with Crippen molar-refractivity contribution in [3.05, 3.63) is 46.5 Å². The summed E-state index contributed by atoms with van der Waals surface area (Å²) in [5.74, 6) is -1.51. The molecule has 2 aromatic rings. The molecule has 0 unspecified atom stereocenters. The van der Waals surface area contributed by atoms with Gasteiger partial charge in [0.1, 0.15) is 11.5 Å². The van der Waals surface area contributed by atoms with Gasteiger partial charge in [0.15, 0.2) is 0 Å². The molecule has 4 rings (SSSR count). The average molecular weight is 394 g/mol. The van der Waals surface area contributed by atoms with Crippen LogP contribution in [0.5, 0.6) is 11.5 Å². The second-order valence-electron chi connectivity index (χ2n) is 8.20. The Balaban J connectivity index is 1.89. The Morgan fingerprint density at radius 1 is 0.793 bits per heavy atom. The van der Waals surface area contributed by atoms with Crippen molar-refractivity contribution >= 4 is 22.9 Å². The molecule has 0 atom stereocenters. The maximum absolute atomic E-state index is 13.4. The smallest absolute Gasteiger partial charge is 0.200 e. The third-order valence-electron chi connectivity index (χ3n) is 5.68. The lowest BCUT2D eigenvalue weighted by molar-refractivity contribution is 0.0975. The van der Waals surface area contributed by atoms with Crippen molar-refractivity contribution in [1.29, 1.82) is 0 Å². The number of aromatic hydroxyl groups is 2. The number of hydrogen-bond acceptors (Lipinski definition) is 6. The fourth-order valence-corrected chi connectivity index (χ4v) is 4.38. The third kappa shape index (κ3) is 3.33. The van der Waals surface area contributed by atoms with Crippen molar-refractivity contribution in [2.75, 3.05) is 10.6 Å². The number of anilines is 2. The zero-order valence-corrected chi connectivity index (χ0v) is 16.7. The van der Waals surface area contributed by atoms with Gasteiger partial charge in [-0.15, -0.1) is 0 Å². The van der Waals surface area contributed by atoms with E-state index < -0.39 is 11.6 Å². The monoisotopic (exact) mass is 394 g/mol. The van der Waals surface area contributed by atoms with E-state index in [9.17, 15) is 19.8 Å². The number of hydrogen-bond donors (Lipinski definition) is 4. The molecule has 1 fully saturated rings. The van der Waals surface area contributed by atoms with Crippen molar-refractivity contribution in [3.63, 3.8) is 0 Å². The lowest BCUT2D eigenvalue weighted by atomic mass is 9.81. The first kappa shape index (κ1) is 19.3. The van der Waals surface area contributed by atoms with E-state index in [2.05, 4.69) is 10.6 Å². The summed E-state index contributed by atoms with van der Waals surface area (Å²) < 4.78 is 0. The molecule has 0 aromatic heterocycles. The number of phenolic OH excluding ortho intramolecular Hbond substituents is 2. The summed E-state index contributed by atoms with van der Waals surface area (Å²) in [5, 5.41) is 27.3. The van der Waals surface area contributed by atoms with Crippen LogP contribution in [-0.4, -0.2) is 33.9 Å². The van der Waals surface area contributed by atoms with E-state index in [1.54, 1.807) is 6.07 Å². The lowest BCUT2D eigenvalue weighted by Crippen LogP contribution is -2.28. The molecule has 2 aliphatic carbocycles. The zero-order valence-electron chi connectivity index (χ0n) is 16.7. The molecule has 1 saturated carbocycles. The van der Waals surface area contributed by atoms with E-state index in [1.807, 2.05) is 19.9 Å². The Bertz CT molecular complexity index is 991. The zero-order chi connectivity index (χ0) is 20.7. The molecule has 0 saturated heterocycles. The number of nitrogens with one attached hydrogen (secondary N) is 2. The molecule has 0 amide bonds. The number of fused-ring (bicyclic) bond motifs is 2. The lowest BCUT2D eigenvalue weighted by Gasteiger charge is -2.29. The first-order valence-corrected chi connectivity index (χ1v) is 10.2. The molecular weight excluding hydrogens is 368 g/mol. The largest absolute Gasteiger partial charge is 0.507 e. The molecule has 4 N–H and O–H groups in total. The summed E-state index contributed by atoms with van der Waals surface area (Å²) >= 11 is 0. The average Bonchev–Trinajstić information content (AvgIpc) is 2.69. The van der Waals surface area contributed by atoms with Crippen LogP contribution in [0.2, 0.25) is 0 Å². The van der Waals surface area contributed by atoms with Crippen LogP contribution in [0.15, 0.2) is 24.3 Å². The molecule has 2 aliphatic rings. The summed E-state index contributed by atoms with van der Waals surface area (Å²) in [7, 11) is 0. The van der Waals surface area contributed by atoms with E-state index in [-0.39, 0.29) is 45.8 Å². The molecule has 6 heteroatoms. The van der Waals surface area contributed by atoms with E-state index in [0.717, 1.165) is 25.7 Å². The van der Waals surface area contributed by atoms with Crippen LogP contribution in [0.3, 0.4) is 0 Å². The van der Waals surface area contributed by atoms with Crippen molar-refractivity contribution < 1.29 is 19.8 Å².